The van der Waals surface area contributed by atoms with Gasteiger partial charge in [-0.2, -0.15) is 13.2 Å². The Labute approximate surface area is 147 Å². The van der Waals surface area contributed by atoms with Gasteiger partial charge >= 0.3 is 6.18 Å². The maximum Gasteiger partial charge on any atom is 0.419 e. The number of hydrogen-bond acceptors (Lipinski definition) is 0. The van der Waals surface area contributed by atoms with Crippen molar-refractivity contribution in [2.45, 2.75) is 19.5 Å². The summed E-state index contributed by atoms with van der Waals surface area (Å²) < 4.78 is 65.8. The van der Waals surface area contributed by atoms with Gasteiger partial charge in [-0.15, -0.1) is 0 Å². The minimum Gasteiger partial charge on any atom is -0.206 e. The Bertz CT molecular complexity index is 1040. The lowest BCUT2D eigenvalue weighted by Gasteiger charge is -2.07. The standard InChI is InChI=1S/C21H13F5/c1-2-13-4-9-17-16(11-13)8-7-15(20(17)23)6-3-14-5-10-18(19(22)12-14)21(24,25)26/h4-5,7-12H,2H2,1H3. The maximum atomic E-state index is 14.6. The third-order valence-electron chi connectivity index (χ3n) is 4.04. The molecule has 132 valence electrons. The van der Waals surface area contributed by atoms with Crippen molar-refractivity contribution in [1.82, 2.24) is 0 Å². The van der Waals surface area contributed by atoms with Crippen LogP contribution in [-0.2, 0) is 12.6 Å². The summed E-state index contributed by atoms with van der Waals surface area (Å²) >= 11 is 0. The molecule has 0 heterocycles. The zero-order valence-corrected chi connectivity index (χ0v) is 13.7. The molecule has 0 radical (unpaired) electrons. The fourth-order valence-electron chi connectivity index (χ4n) is 2.62. The van der Waals surface area contributed by atoms with Crippen molar-refractivity contribution < 1.29 is 22.0 Å². The topological polar surface area (TPSA) is 0 Å². The Morgan fingerprint density at radius 1 is 0.885 bits per heavy atom. The predicted octanol–water partition coefficient (Wildman–Crippen LogP) is 6.10. The molecule has 0 aliphatic rings. The highest BCUT2D eigenvalue weighted by molar-refractivity contribution is 5.85. The van der Waals surface area contributed by atoms with E-state index in [2.05, 4.69) is 11.8 Å². The van der Waals surface area contributed by atoms with E-state index >= 15 is 0 Å². The lowest BCUT2D eigenvalue weighted by atomic mass is 10.0. The molecule has 0 saturated heterocycles. The summed E-state index contributed by atoms with van der Waals surface area (Å²) in [7, 11) is 0. The average molecular weight is 360 g/mol. The molecule has 0 atom stereocenters. The fraction of sp³-hybridized carbons (Fsp3) is 0.143. The molecule has 0 saturated carbocycles. The number of hydrogen-bond donors (Lipinski definition) is 0. The molecule has 3 aromatic carbocycles. The van der Waals surface area contributed by atoms with Crippen LogP contribution in [0, 0.1) is 23.5 Å². The Balaban J connectivity index is 1.98. The number of benzene rings is 3. The van der Waals surface area contributed by atoms with Crippen LogP contribution in [0.2, 0.25) is 0 Å². The molecule has 0 aliphatic heterocycles. The summed E-state index contributed by atoms with van der Waals surface area (Å²) in [4.78, 5) is 0. The summed E-state index contributed by atoms with van der Waals surface area (Å²) in [6.07, 6.45) is -3.93. The average Bonchev–Trinajstić information content (AvgIpc) is 2.59. The molecule has 0 aliphatic carbocycles. The van der Waals surface area contributed by atoms with Crippen LogP contribution in [0.15, 0.2) is 48.5 Å². The first-order valence-corrected chi connectivity index (χ1v) is 7.89. The second-order valence-electron chi connectivity index (χ2n) is 5.78. The highest BCUT2D eigenvalue weighted by Gasteiger charge is 2.33. The highest BCUT2D eigenvalue weighted by Crippen LogP contribution is 2.31. The Morgan fingerprint density at radius 3 is 2.31 bits per heavy atom. The zero-order chi connectivity index (χ0) is 18.9. The first-order chi connectivity index (χ1) is 12.3. The van der Waals surface area contributed by atoms with E-state index < -0.39 is 23.4 Å². The van der Waals surface area contributed by atoms with Gasteiger partial charge in [0.15, 0.2) is 0 Å². The van der Waals surface area contributed by atoms with Gasteiger partial charge in [0.05, 0.1) is 11.1 Å². The number of alkyl halides is 3. The molecule has 3 rings (SSSR count). The second kappa shape index (κ2) is 6.80. The fourth-order valence-corrected chi connectivity index (χ4v) is 2.62. The molecular weight excluding hydrogens is 347 g/mol. The third-order valence-corrected chi connectivity index (χ3v) is 4.04. The number of halogens is 5. The lowest BCUT2D eigenvalue weighted by Crippen LogP contribution is -2.07. The van der Waals surface area contributed by atoms with Crippen molar-refractivity contribution in [3.63, 3.8) is 0 Å². The van der Waals surface area contributed by atoms with E-state index in [1.165, 1.54) is 6.07 Å². The van der Waals surface area contributed by atoms with Crippen LogP contribution in [0.3, 0.4) is 0 Å². The van der Waals surface area contributed by atoms with Crippen molar-refractivity contribution in [2.75, 3.05) is 0 Å². The largest absolute Gasteiger partial charge is 0.419 e. The maximum absolute atomic E-state index is 14.6. The molecule has 0 aromatic heterocycles. The van der Waals surface area contributed by atoms with Gasteiger partial charge in [-0.3, -0.25) is 0 Å². The van der Waals surface area contributed by atoms with Gasteiger partial charge in [-0.1, -0.05) is 43.0 Å². The van der Waals surface area contributed by atoms with Gasteiger partial charge < -0.3 is 0 Å². The van der Waals surface area contributed by atoms with E-state index in [-0.39, 0.29) is 11.1 Å². The van der Waals surface area contributed by atoms with Gasteiger partial charge in [0, 0.05) is 10.9 Å². The van der Waals surface area contributed by atoms with Gasteiger partial charge in [-0.05, 0) is 41.6 Å². The molecule has 26 heavy (non-hydrogen) atoms. The molecule has 0 unspecified atom stereocenters. The SMILES string of the molecule is CCc1ccc2c(F)c(C#Cc3ccc(C(F)(F)F)c(F)c3)ccc2c1. The molecule has 0 nitrogen and oxygen atoms in total. The van der Waals surface area contributed by atoms with Crippen LogP contribution in [0.25, 0.3) is 10.8 Å². The van der Waals surface area contributed by atoms with Crippen LogP contribution in [-0.4, -0.2) is 0 Å². The van der Waals surface area contributed by atoms with Crippen molar-refractivity contribution >= 4 is 10.8 Å². The quantitative estimate of drug-likeness (QED) is 0.363. The Hall–Kier alpha value is -2.87. The molecule has 0 fully saturated rings. The first-order valence-electron chi connectivity index (χ1n) is 7.89. The van der Waals surface area contributed by atoms with Crippen molar-refractivity contribution in [3.8, 4) is 11.8 Å². The molecule has 0 bridgehead atoms. The smallest absolute Gasteiger partial charge is 0.206 e. The molecule has 0 N–H and O–H groups in total. The van der Waals surface area contributed by atoms with Gasteiger partial charge in [0.1, 0.15) is 11.6 Å². The first kappa shape index (κ1) is 17.9. The van der Waals surface area contributed by atoms with E-state index in [4.69, 9.17) is 0 Å². The zero-order valence-electron chi connectivity index (χ0n) is 13.7. The summed E-state index contributed by atoms with van der Waals surface area (Å²) in [5, 5.41) is 1.15. The van der Waals surface area contributed by atoms with E-state index in [0.717, 1.165) is 23.4 Å². The van der Waals surface area contributed by atoms with E-state index in [0.29, 0.717) is 17.5 Å². The monoisotopic (exact) mass is 360 g/mol. The third kappa shape index (κ3) is 3.55. The van der Waals surface area contributed by atoms with Crippen molar-refractivity contribution in [2.24, 2.45) is 0 Å². The minimum atomic E-state index is -4.77. The highest BCUT2D eigenvalue weighted by atomic mass is 19.4. The number of fused-ring (bicyclic) bond motifs is 1. The Morgan fingerprint density at radius 2 is 1.65 bits per heavy atom. The van der Waals surface area contributed by atoms with Crippen molar-refractivity contribution in [3.05, 3.63) is 82.4 Å². The summed E-state index contributed by atoms with van der Waals surface area (Å²) in [5.74, 6) is 3.16. The van der Waals surface area contributed by atoms with Crippen LogP contribution < -0.4 is 0 Å². The predicted molar refractivity (Wildman–Crippen MR) is 90.7 cm³/mol. The normalized spacial score (nSPS) is 11.3. The van der Waals surface area contributed by atoms with Crippen LogP contribution in [0.5, 0.6) is 0 Å². The molecule has 0 spiro atoms. The lowest BCUT2D eigenvalue weighted by molar-refractivity contribution is -0.140. The van der Waals surface area contributed by atoms with Gasteiger partial charge in [0.2, 0.25) is 0 Å². The van der Waals surface area contributed by atoms with E-state index in [1.54, 1.807) is 12.1 Å². The summed E-state index contributed by atoms with van der Waals surface area (Å²) in [6.45, 7) is 2.00. The minimum absolute atomic E-state index is 0.0383. The Kier molecular flexibility index (Phi) is 4.69. The number of aryl methyl sites for hydroxylation is 1. The van der Waals surface area contributed by atoms with E-state index in [1.807, 2.05) is 19.1 Å². The second-order valence-corrected chi connectivity index (χ2v) is 5.78. The van der Waals surface area contributed by atoms with E-state index in [9.17, 15) is 22.0 Å². The van der Waals surface area contributed by atoms with Gasteiger partial charge in [-0.25, -0.2) is 8.78 Å². The number of rotatable bonds is 1. The van der Waals surface area contributed by atoms with Crippen LogP contribution in [0.1, 0.15) is 29.2 Å². The van der Waals surface area contributed by atoms with Gasteiger partial charge in [0.25, 0.3) is 0 Å². The van der Waals surface area contributed by atoms with Crippen molar-refractivity contribution in [1.29, 1.82) is 0 Å². The molecule has 3 aromatic rings. The molecule has 5 heteroatoms. The summed E-state index contributed by atoms with van der Waals surface area (Å²) in [6, 6.07) is 11.0. The van der Waals surface area contributed by atoms with Crippen LogP contribution >= 0.6 is 0 Å². The molecular formula is C21H13F5. The van der Waals surface area contributed by atoms with Crippen LogP contribution in [0.4, 0.5) is 22.0 Å². The summed E-state index contributed by atoms with van der Waals surface area (Å²) in [5.41, 5.74) is -0.138. The molecule has 0 amide bonds.